The van der Waals surface area contributed by atoms with E-state index in [0.29, 0.717) is 13.1 Å². The van der Waals surface area contributed by atoms with E-state index < -0.39 is 10.0 Å². The van der Waals surface area contributed by atoms with Crippen LogP contribution in [0.4, 0.5) is 0 Å². The molecule has 6 heteroatoms. The van der Waals surface area contributed by atoms with Gasteiger partial charge in [0.1, 0.15) is 0 Å². The van der Waals surface area contributed by atoms with Gasteiger partial charge in [0.2, 0.25) is 10.0 Å². The molecule has 0 aliphatic heterocycles. The molecule has 0 saturated heterocycles. The Kier molecular flexibility index (Phi) is 6.04. The Bertz CT molecular complexity index is 465. The molecule has 1 aromatic rings. The van der Waals surface area contributed by atoms with E-state index in [1.165, 1.54) is 32.1 Å². The molecule has 0 radical (unpaired) electrons. The summed E-state index contributed by atoms with van der Waals surface area (Å²) in [5.74, 6) is 1.01. The second kappa shape index (κ2) is 7.78. The van der Waals surface area contributed by atoms with Gasteiger partial charge in [0.15, 0.2) is 0 Å². The average molecular weight is 299 g/mol. The van der Waals surface area contributed by atoms with Crippen molar-refractivity contribution in [2.75, 3.05) is 12.3 Å². The summed E-state index contributed by atoms with van der Waals surface area (Å²) < 4.78 is 28.3. The van der Waals surface area contributed by atoms with Crippen molar-refractivity contribution in [3.8, 4) is 0 Å². The quantitative estimate of drug-likeness (QED) is 0.800. The van der Waals surface area contributed by atoms with Crippen LogP contribution in [-0.4, -0.2) is 30.3 Å². The van der Waals surface area contributed by atoms with E-state index in [1.807, 2.05) is 10.8 Å². The first kappa shape index (κ1) is 15.5. The maximum absolute atomic E-state index is 11.9. The fraction of sp³-hybridized carbons (Fsp3) is 0.786. The van der Waals surface area contributed by atoms with Crippen LogP contribution < -0.4 is 4.72 Å². The van der Waals surface area contributed by atoms with Crippen LogP contribution in [0.1, 0.15) is 44.9 Å². The van der Waals surface area contributed by atoms with Crippen LogP contribution >= 0.6 is 0 Å². The maximum atomic E-state index is 11.9. The van der Waals surface area contributed by atoms with E-state index in [4.69, 9.17) is 0 Å². The first-order valence-electron chi connectivity index (χ1n) is 7.59. The number of hydrogen-bond donors (Lipinski definition) is 1. The van der Waals surface area contributed by atoms with E-state index in [-0.39, 0.29) is 5.75 Å². The van der Waals surface area contributed by atoms with Crippen LogP contribution in [0.15, 0.2) is 18.7 Å². The lowest BCUT2D eigenvalue weighted by Crippen LogP contribution is -2.29. The predicted octanol–water partition coefficient (Wildman–Crippen LogP) is 2.16. The molecule has 1 aromatic heterocycles. The molecule has 0 spiro atoms. The van der Waals surface area contributed by atoms with Gasteiger partial charge in [-0.2, -0.15) is 0 Å². The smallest absolute Gasteiger partial charge is 0.211 e. The highest BCUT2D eigenvalue weighted by Crippen LogP contribution is 2.27. The summed E-state index contributed by atoms with van der Waals surface area (Å²) >= 11 is 0. The topological polar surface area (TPSA) is 64.0 Å². The van der Waals surface area contributed by atoms with Crippen molar-refractivity contribution in [1.82, 2.24) is 14.3 Å². The van der Waals surface area contributed by atoms with Gasteiger partial charge >= 0.3 is 0 Å². The molecule has 2 rings (SSSR count). The third kappa shape index (κ3) is 5.63. The van der Waals surface area contributed by atoms with Crippen molar-refractivity contribution < 1.29 is 8.42 Å². The molecule has 5 nitrogen and oxygen atoms in total. The summed E-state index contributed by atoms with van der Waals surface area (Å²) in [7, 11) is -3.12. The van der Waals surface area contributed by atoms with Gasteiger partial charge in [0, 0.05) is 25.5 Å². The molecular formula is C14H25N3O2S. The molecule has 0 unspecified atom stereocenters. The average Bonchev–Trinajstić information content (AvgIpc) is 2.93. The van der Waals surface area contributed by atoms with Crippen molar-refractivity contribution in [3.05, 3.63) is 18.7 Å². The Hall–Kier alpha value is -0.880. The van der Waals surface area contributed by atoms with E-state index in [1.54, 1.807) is 12.5 Å². The molecule has 1 fully saturated rings. The Morgan fingerprint density at radius 1 is 1.25 bits per heavy atom. The molecule has 0 amide bonds. The van der Waals surface area contributed by atoms with Crippen molar-refractivity contribution in [3.63, 3.8) is 0 Å². The lowest BCUT2D eigenvalue weighted by molar-refractivity contribution is 0.336. The molecule has 1 aliphatic rings. The second-order valence-corrected chi connectivity index (χ2v) is 7.59. The molecular weight excluding hydrogens is 274 g/mol. The SMILES string of the molecule is O=S(=O)(CCCC1CCCCC1)NCCn1ccnc1. The standard InChI is InChI=1S/C14H25N3O2S/c18-20(19,16-9-11-17-10-8-15-13-17)12-4-7-14-5-2-1-3-6-14/h8,10,13-14,16H,1-7,9,11-12H2. The Balaban J connectivity index is 1.60. The minimum Gasteiger partial charge on any atom is -0.336 e. The van der Waals surface area contributed by atoms with Gasteiger partial charge < -0.3 is 4.57 Å². The second-order valence-electron chi connectivity index (χ2n) is 5.66. The van der Waals surface area contributed by atoms with Crippen LogP contribution in [-0.2, 0) is 16.6 Å². The van der Waals surface area contributed by atoms with Crippen molar-refractivity contribution >= 4 is 10.0 Å². The monoisotopic (exact) mass is 299 g/mol. The first-order valence-corrected chi connectivity index (χ1v) is 9.24. The molecule has 0 aromatic carbocycles. The van der Waals surface area contributed by atoms with Gasteiger partial charge in [0.05, 0.1) is 12.1 Å². The molecule has 1 aliphatic carbocycles. The summed E-state index contributed by atoms with van der Waals surface area (Å²) in [5.41, 5.74) is 0. The Morgan fingerprint density at radius 2 is 2.05 bits per heavy atom. The number of rotatable bonds is 8. The molecule has 1 heterocycles. The van der Waals surface area contributed by atoms with Crippen LogP contribution in [0, 0.1) is 5.92 Å². The van der Waals surface area contributed by atoms with Gasteiger partial charge in [-0.05, 0) is 18.8 Å². The number of imidazole rings is 1. The Labute approximate surface area is 121 Å². The fourth-order valence-electron chi connectivity index (χ4n) is 2.86. The molecule has 1 saturated carbocycles. The van der Waals surface area contributed by atoms with Crippen molar-refractivity contribution in [1.29, 1.82) is 0 Å². The number of aromatic nitrogens is 2. The molecule has 0 bridgehead atoms. The van der Waals surface area contributed by atoms with E-state index in [2.05, 4.69) is 9.71 Å². The summed E-state index contributed by atoms with van der Waals surface area (Å²) in [6, 6.07) is 0. The zero-order valence-corrected chi connectivity index (χ0v) is 12.8. The third-order valence-corrected chi connectivity index (χ3v) is 5.47. The van der Waals surface area contributed by atoms with Gasteiger partial charge in [-0.3, -0.25) is 0 Å². The largest absolute Gasteiger partial charge is 0.336 e. The number of nitrogens with zero attached hydrogens (tertiary/aromatic N) is 2. The predicted molar refractivity (Wildman–Crippen MR) is 79.8 cm³/mol. The minimum absolute atomic E-state index is 0.257. The van der Waals surface area contributed by atoms with Gasteiger partial charge in [-0.25, -0.2) is 18.1 Å². The van der Waals surface area contributed by atoms with Crippen LogP contribution in [0.2, 0.25) is 0 Å². The highest BCUT2D eigenvalue weighted by atomic mass is 32.2. The number of sulfonamides is 1. The summed E-state index contributed by atoms with van der Waals surface area (Å²) in [6.07, 6.45) is 13.6. The third-order valence-electron chi connectivity index (χ3n) is 4.00. The number of nitrogens with one attached hydrogen (secondary N) is 1. The highest BCUT2D eigenvalue weighted by molar-refractivity contribution is 7.89. The summed E-state index contributed by atoms with van der Waals surface area (Å²) in [4.78, 5) is 3.92. The fourth-order valence-corrected chi connectivity index (χ4v) is 3.95. The van der Waals surface area contributed by atoms with E-state index in [0.717, 1.165) is 18.8 Å². The summed E-state index contributed by atoms with van der Waals surface area (Å²) in [6.45, 7) is 1.06. The highest BCUT2D eigenvalue weighted by Gasteiger charge is 2.15. The van der Waals surface area contributed by atoms with Gasteiger partial charge in [0.25, 0.3) is 0 Å². The zero-order valence-electron chi connectivity index (χ0n) is 12.0. The van der Waals surface area contributed by atoms with Gasteiger partial charge in [-0.15, -0.1) is 0 Å². The van der Waals surface area contributed by atoms with Crippen LogP contribution in [0.3, 0.4) is 0 Å². The number of hydrogen-bond acceptors (Lipinski definition) is 3. The molecule has 1 N–H and O–H groups in total. The lowest BCUT2D eigenvalue weighted by Gasteiger charge is -2.21. The molecule has 0 atom stereocenters. The minimum atomic E-state index is -3.12. The van der Waals surface area contributed by atoms with Crippen LogP contribution in [0.5, 0.6) is 0 Å². The van der Waals surface area contributed by atoms with Crippen LogP contribution in [0.25, 0.3) is 0 Å². The van der Waals surface area contributed by atoms with Crippen molar-refractivity contribution in [2.24, 2.45) is 5.92 Å². The normalized spacial score (nSPS) is 17.4. The Morgan fingerprint density at radius 3 is 2.75 bits per heavy atom. The first-order chi connectivity index (χ1) is 9.66. The van der Waals surface area contributed by atoms with Crippen molar-refractivity contribution in [2.45, 2.75) is 51.5 Å². The summed E-state index contributed by atoms with van der Waals surface area (Å²) in [5, 5.41) is 0. The van der Waals surface area contributed by atoms with E-state index in [9.17, 15) is 8.42 Å². The molecule has 20 heavy (non-hydrogen) atoms. The van der Waals surface area contributed by atoms with E-state index >= 15 is 0 Å². The van der Waals surface area contributed by atoms with Gasteiger partial charge in [-0.1, -0.05) is 32.1 Å². The molecule has 114 valence electrons. The maximum Gasteiger partial charge on any atom is 0.211 e. The zero-order chi connectivity index (χ0) is 14.3. The lowest BCUT2D eigenvalue weighted by atomic mass is 9.86.